The van der Waals surface area contributed by atoms with E-state index in [0.29, 0.717) is 31.1 Å². The van der Waals surface area contributed by atoms with Crippen LogP contribution in [0.25, 0.3) is 0 Å². The molecule has 1 aromatic heterocycles. The normalized spacial score (nSPS) is 15.2. The van der Waals surface area contributed by atoms with Crippen molar-refractivity contribution in [3.8, 4) is 0 Å². The van der Waals surface area contributed by atoms with Crippen molar-refractivity contribution in [2.24, 2.45) is 5.16 Å². The van der Waals surface area contributed by atoms with E-state index in [9.17, 15) is 10.1 Å². The van der Waals surface area contributed by atoms with Gasteiger partial charge in [0.15, 0.2) is 11.7 Å². The first-order valence-electron chi connectivity index (χ1n) is 8.24. The third kappa shape index (κ3) is 3.68. The molecule has 0 aliphatic carbocycles. The number of nitrogens with two attached hydrogens (primary N) is 1. The molecule has 10 heteroatoms. The molecule has 0 atom stereocenters. The summed E-state index contributed by atoms with van der Waals surface area (Å²) < 4.78 is 4.91. The van der Waals surface area contributed by atoms with E-state index in [1.165, 1.54) is 18.4 Å². The van der Waals surface area contributed by atoms with Gasteiger partial charge in [0.25, 0.3) is 5.69 Å². The van der Waals surface area contributed by atoms with Gasteiger partial charge in [-0.1, -0.05) is 10.3 Å². The summed E-state index contributed by atoms with van der Waals surface area (Å²) in [4.78, 5) is 19.8. The number of hydrogen-bond acceptors (Lipinski definition) is 8. The number of nitro benzene ring substituents is 1. The SMILES string of the molecule is CCO/N=C(\c1conc1N)N1CCN(c2ccc([N+](=O)[O-])cc2)CC1. The topological polar surface area (TPSA) is 123 Å². The Morgan fingerprint density at radius 2 is 2.04 bits per heavy atom. The fourth-order valence-corrected chi connectivity index (χ4v) is 2.78. The summed E-state index contributed by atoms with van der Waals surface area (Å²) in [7, 11) is 0. The number of nitrogens with zero attached hydrogens (tertiary/aromatic N) is 5. The van der Waals surface area contributed by atoms with Crippen LogP contribution in [0.3, 0.4) is 0 Å². The molecule has 0 amide bonds. The largest absolute Gasteiger partial charge is 0.394 e. The molecule has 1 aromatic carbocycles. The molecule has 0 radical (unpaired) electrons. The monoisotopic (exact) mass is 360 g/mol. The van der Waals surface area contributed by atoms with E-state index in [4.69, 9.17) is 15.1 Å². The Balaban J connectivity index is 1.70. The van der Waals surface area contributed by atoms with Gasteiger partial charge in [-0.15, -0.1) is 0 Å². The maximum atomic E-state index is 10.8. The van der Waals surface area contributed by atoms with Crippen molar-refractivity contribution < 1.29 is 14.3 Å². The summed E-state index contributed by atoms with van der Waals surface area (Å²) in [5.41, 5.74) is 7.47. The third-order valence-corrected chi connectivity index (χ3v) is 4.12. The Morgan fingerprint density at radius 3 is 2.58 bits per heavy atom. The molecule has 1 fully saturated rings. The Bertz CT molecular complexity index is 780. The minimum atomic E-state index is -0.401. The van der Waals surface area contributed by atoms with Crippen LogP contribution >= 0.6 is 0 Å². The second-order valence-corrected chi connectivity index (χ2v) is 5.69. The van der Waals surface area contributed by atoms with Gasteiger partial charge in [-0.05, 0) is 19.1 Å². The zero-order valence-electron chi connectivity index (χ0n) is 14.4. The lowest BCUT2D eigenvalue weighted by Crippen LogP contribution is -2.49. The van der Waals surface area contributed by atoms with Crippen molar-refractivity contribution in [3.05, 3.63) is 46.2 Å². The van der Waals surface area contributed by atoms with Crippen molar-refractivity contribution in [1.82, 2.24) is 10.1 Å². The first-order valence-corrected chi connectivity index (χ1v) is 8.24. The number of amidine groups is 1. The highest BCUT2D eigenvalue weighted by atomic mass is 16.6. The van der Waals surface area contributed by atoms with Gasteiger partial charge in [0.2, 0.25) is 0 Å². The summed E-state index contributed by atoms with van der Waals surface area (Å²) in [5, 5.41) is 18.6. The van der Waals surface area contributed by atoms with Crippen LogP contribution in [0.4, 0.5) is 17.2 Å². The smallest absolute Gasteiger partial charge is 0.269 e. The van der Waals surface area contributed by atoms with E-state index >= 15 is 0 Å². The van der Waals surface area contributed by atoms with Crippen molar-refractivity contribution in [3.63, 3.8) is 0 Å². The third-order valence-electron chi connectivity index (χ3n) is 4.12. The molecule has 10 nitrogen and oxygen atoms in total. The molecule has 2 N–H and O–H groups in total. The second-order valence-electron chi connectivity index (χ2n) is 5.69. The summed E-state index contributed by atoms with van der Waals surface area (Å²) in [5.74, 6) is 0.857. The standard InChI is InChI=1S/C16H20N6O4/c1-2-25-19-16(14-11-26-18-15(14)17)21-9-7-20(8-10-21)12-3-5-13(6-4-12)22(23)24/h3-6,11H,2,7-10H2,1H3,(H2,17,18)/b19-16+. The fourth-order valence-electron chi connectivity index (χ4n) is 2.78. The highest BCUT2D eigenvalue weighted by Gasteiger charge is 2.25. The van der Waals surface area contributed by atoms with Crippen LogP contribution in [-0.2, 0) is 4.84 Å². The average molecular weight is 360 g/mol. The number of rotatable bonds is 5. The predicted octanol–water partition coefficient (Wildman–Crippen LogP) is 1.69. The number of aromatic nitrogens is 1. The van der Waals surface area contributed by atoms with Gasteiger partial charge in [-0.3, -0.25) is 10.1 Å². The fraction of sp³-hybridized carbons (Fsp3) is 0.375. The summed E-state index contributed by atoms with van der Waals surface area (Å²) >= 11 is 0. The lowest BCUT2D eigenvalue weighted by Gasteiger charge is -2.37. The first-order chi connectivity index (χ1) is 12.6. The number of hydrogen-bond donors (Lipinski definition) is 1. The molecular formula is C16H20N6O4. The lowest BCUT2D eigenvalue weighted by atomic mass is 10.2. The van der Waals surface area contributed by atoms with Crippen molar-refractivity contribution >= 4 is 23.0 Å². The van der Waals surface area contributed by atoms with Gasteiger partial charge in [0.05, 0.1) is 4.92 Å². The van der Waals surface area contributed by atoms with E-state index in [2.05, 4.69) is 20.1 Å². The van der Waals surface area contributed by atoms with Crippen LogP contribution in [0.15, 0.2) is 40.2 Å². The molecule has 0 saturated carbocycles. The molecule has 2 aromatic rings. The Labute approximate surface area is 149 Å². The molecule has 0 spiro atoms. The van der Waals surface area contributed by atoms with Gasteiger partial charge >= 0.3 is 0 Å². The average Bonchev–Trinajstić information content (AvgIpc) is 3.08. The van der Waals surface area contributed by atoms with Gasteiger partial charge in [-0.2, -0.15) is 0 Å². The van der Waals surface area contributed by atoms with Gasteiger partial charge in [0.1, 0.15) is 18.4 Å². The number of oxime groups is 1. The van der Waals surface area contributed by atoms with Crippen molar-refractivity contribution in [2.75, 3.05) is 43.4 Å². The van der Waals surface area contributed by atoms with Crippen molar-refractivity contribution in [2.45, 2.75) is 6.92 Å². The molecule has 3 rings (SSSR count). The Hall–Kier alpha value is -3.30. The van der Waals surface area contributed by atoms with Crippen molar-refractivity contribution in [1.29, 1.82) is 0 Å². The van der Waals surface area contributed by atoms with E-state index < -0.39 is 4.92 Å². The van der Waals surface area contributed by atoms with Crippen LogP contribution in [0.5, 0.6) is 0 Å². The summed E-state index contributed by atoms with van der Waals surface area (Å²) in [6.07, 6.45) is 1.45. The minimum Gasteiger partial charge on any atom is -0.394 e. The van der Waals surface area contributed by atoms with Crippen LogP contribution in [0.1, 0.15) is 12.5 Å². The second kappa shape index (κ2) is 7.72. The quantitative estimate of drug-likeness (QED) is 0.370. The Morgan fingerprint density at radius 1 is 1.35 bits per heavy atom. The van der Waals surface area contributed by atoms with E-state index in [1.807, 2.05) is 6.92 Å². The molecule has 1 aliphatic rings. The molecule has 0 unspecified atom stereocenters. The maximum Gasteiger partial charge on any atom is 0.269 e. The molecular weight excluding hydrogens is 340 g/mol. The number of piperazine rings is 1. The maximum absolute atomic E-state index is 10.8. The van der Waals surface area contributed by atoms with Crippen LogP contribution in [0.2, 0.25) is 0 Å². The van der Waals surface area contributed by atoms with Crippen LogP contribution in [0, 0.1) is 10.1 Å². The van der Waals surface area contributed by atoms with Gasteiger partial charge in [0, 0.05) is 44.0 Å². The molecule has 2 heterocycles. The molecule has 26 heavy (non-hydrogen) atoms. The lowest BCUT2D eigenvalue weighted by molar-refractivity contribution is -0.384. The highest BCUT2D eigenvalue weighted by Crippen LogP contribution is 2.22. The zero-order chi connectivity index (χ0) is 18.5. The molecule has 1 aliphatic heterocycles. The van der Waals surface area contributed by atoms with Crippen LogP contribution < -0.4 is 10.6 Å². The molecule has 1 saturated heterocycles. The summed E-state index contributed by atoms with van der Waals surface area (Å²) in [6, 6.07) is 6.56. The number of anilines is 2. The molecule has 0 bridgehead atoms. The minimum absolute atomic E-state index is 0.0847. The number of non-ortho nitro benzene ring substituents is 1. The zero-order valence-corrected chi connectivity index (χ0v) is 14.4. The highest BCUT2D eigenvalue weighted by molar-refractivity contribution is 6.01. The number of nitro groups is 1. The van der Waals surface area contributed by atoms with E-state index in [1.54, 1.807) is 12.1 Å². The molecule has 138 valence electrons. The predicted molar refractivity (Wildman–Crippen MR) is 96.0 cm³/mol. The van der Waals surface area contributed by atoms with Gasteiger partial charge < -0.3 is 24.9 Å². The summed E-state index contributed by atoms with van der Waals surface area (Å²) in [6.45, 7) is 5.13. The van der Waals surface area contributed by atoms with Gasteiger partial charge in [-0.25, -0.2) is 0 Å². The van der Waals surface area contributed by atoms with E-state index in [-0.39, 0.29) is 11.5 Å². The van der Waals surface area contributed by atoms with Crippen LogP contribution in [-0.4, -0.2) is 53.6 Å². The number of benzene rings is 1. The number of nitrogen functional groups attached to an aromatic ring is 1. The van der Waals surface area contributed by atoms with E-state index in [0.717, 1.165) is 18.8 Å². The first kappa shape index (κ1) is 17.5. The Kier molecular flexibility index (Phi) is 5.20.